The van der Waals surface area contributed by atoms with Crippen molar-refractivity contribution in [2.24, 2.45) is 5.41 Å². The molecule has 4 rings (SSSR count). The van der Waals surface area contributed by atoms with E-state index in [0.29, 0.717) is 31.9 Å². The molecular weight excluding hydrogens is 427 g/mol. The number of alkyl halides is 3. The number of rotatable bonds is 4. The summed E-state index contributed by atoms with van der Waals surface area (Å²) in [5.41, 5.74) is -0.661. The van der Waals surface area contributed by atoms with Gasteiger partial charge in [-0.15, -0.1) is 0 Å². The highest BCUT2D eigenvalue weighted by atomic mass is 19.4. The summed E-state index contributed by atoms with van der Waals surface area (Å²) in [5.74, 6) is 0.414. The average Bonchev–Trinajstić information content (AvgIpc) is 3.52. The number of urea groups is 1. The number of halogens is 3. The lowest BCUT2D eigenvalue weighted by atomic mass is 9.92. The Morgan fingerprint density at radius 1 is 1.16 bits per heavy atom. The van der Waals surface area contributed by atoms with Crippen molar-refractivity contribution in [3.05, 3.63) is 29.8 Å². The number of benzene rings is 1. The molecule has 2 saturated heterocycles. The summed E-state index contributed by atoms with van der Waals surface area (Å²) in [6, 6.07) is 6.97. The van der Waals surface area contributed by atoms with E-state index in [0.717, 1.165) is 18.4 Å². The zero-order valence-corrected chi connectivity index (χ0v) is 17.8. The molecule has 32 heavy (non-hydrogen) atoms. The Morgan fingerprint density at radius 3 is 2.53 bits per heavy atom. The third-order valence-electron chi connectivity index (χ3n) is 6.40. The second kappa shape index (κ2) is 9.17. The first kappa shape index (κ1) is 22.7. The summed E-state index contributed by atoms with van der Waals surface area (Å²) in [6.45, 7) is 1.94. The predicted octanol–water partition coefficient (Wildman–Crippen LogP) is 3.11. The van der Waals surface area contributed by atoms with Crippen LogP contribution in [0.4, 0.5) is 18.0 Å². The quantitative estimate of drug-likeness (QED) is 0.758. The van der Waals surface area contributed by atoms with Crippen LogP contribution in [0.25, 0.3) is 0 Å². The normalized spacial score (nSPS) is 22.0. The maximum atomic E-state index is 13.0. The van der Waals surface area contributed by atoms with E-state index in [1.54, 1.807) is 21.9 Å². The topological polar surface area (TPSA) is 71.1 Å². The number of hydrogen-bond donors (Lipinski definition) is 1. The fourth-order valence-electron chi connectivity index (χ4n) is 3.93. The van der Waals surface area contributed by atoms with Gasteiger partial charge >= 0.3 is 12.2 Å². The second-order valence-electron chi connectivity index (χ2n) is 8.82. The SMILES string of the molecule is O=C1COCN(C(=O)N2CC(c3ccc(OCC4(C(F)(F)F)CC4)cc3)C2)CCCCN1. The van der Waals surface area contributed by atoms with E-state index < -0.39 is 11.6 Å². The molecule has 176 valence electrons. The lowest BCUT2D eigenvalue weighted by Crippen LogP contribution is -2.54. The highest BCUT2D eigenvalue weighted by Gasteiger charge is 2.63. The number of carbonyl (C=O) groups excluding carboxylic acids is 2. The monoisotopic (exact) mass is 455 g/mol. The van der Waals surface area contributed by atoms with Crippen LogP contribution in [-0.4, -0.2) is 74.0 Å². The van der Waals surface area contributed by atoms with Gasteiger partial charge in [0.05, 0.1) is 0 Å². The largest absolute Gasteiger partial charge is 0.493 e. The third-order valence-corrected chi connectivity index (χ3v) is 6.40. The van der Waals surface area contributed by atoms with Crippen molar-refractivity contribution >= 4 is 11.9 Å². The van der Waals surface area contributed by atoms with Crippen LogP contribution in [0.3, 0.4) is 0 Å². The molecule has 3 amide bonds. The molecule has 1 saturated carbocycles. The van der Waals surface area contributed by atoms with Crippen molar-refractivity contribution in [3.8, 4) is 5.75 Å². The van der Waals surface area contributed by atoms with E-state index in [1.807, 2.05) is 12.1 Å². The highest BCUT2D eigenvalue weighted by Crippen LogP contribution is 2.57. The summed E-state index contributed by atoms with van der Waals surface area (Å²) in [6.07, 6.45) is -2.40. The number of nitrogens with zero attached hydrogens (tertiary/aromatic N) is 2. The Morgan fingerprint density at radius 2 is 1.88 bits per heavy atom. The minimum absolute atomic E-state index is 0.0646. The van der Waals surface area contributed by atoms with Gasteiger partial charge in [0.15, 0.2) is 0 Å². The van der Waals surface area contributed by atoms with E-state index in [4.69, 9.17) is 9.47 Å². The maximum absolute atomic E-state index is 13.0. The molecule has 0 aromatic heterocycles. The van der Waals surface area contributed by atoms with E-state index in [2.05, 4.69) is 5.32 Å². The molecule has 1 aromatic carbocycles. The van der Waals surface area contributed by atoms with Crippen LogP contribution in [0, 0.1) is 5.41 Å². The van der Waals surface area contributed by atoms with Crippen LogP contribution in [0.1, 0.15) is 37.2 Å². The van der Waals surface area contributed by atoms with Gasteiger partial charge in [0.2, 0.25) is 5.91 Å². The molecule has 7 nitrogen and oxygen atoms in total. The van der Waals surface area contributed by atoms with Gasteiger partial charge in [0, 0.05) is 32.1 Å². The van der Waals surface area contributed by atoms with E-state index in [9.17, 15) is 22.8 Å². The van der Waals surface area contributed by atoms with Gasteiger partial charge in [-0.2, -0.15) is 13.2 Å². The smallest absolute Gasteiger partial charge is 0.397 e. The Bertz CT molecular complexity index is 821. The van der Waals surface area contributed by atoms with Crippen molar-refractivity contribution in [2.45, 2.75) is 37.8 Å². The third kappa shape index (κ3) is 5.11. The minimum atomic E-state index is -4.23. The van der Waals surface area contributed by atoms with Gasteiger partial charge < -0.3 is 24.6 Å². The number of hydrogen-bond acceptors (Lipinski definition) is 4. The van der Waals surface area contributed by atoms with Crippen LogP contribution >= 0.6 is 0 Å². The number of nitrogens with one attached hydrogen (secondary N) is 1. The second-order valence-corrected chi connectivity index (χ2v) is 8.82. The fraction of sp³-hybridized carbons (Fsp3) is 0.636. The molecule has 1 N–H and O–H groups in total. The van der Waals surface area contributed by atoms with Crippen LogP contribution in [0.15, 0.2) is 24.3 Å². The van der Waals surface area contributed by atoms with Gasteiger partial charge in [-0.3, -0.25) is 4.79 Å². The number of ether oxygens (including phenoxy) is 2. The molecule has 2 aliphatic heterocycles. The Labute approximate surface area is 184 Å². The molecule has 1 aromatic rings. The molecule has 0 atom stereocenters. The zero-order valence-electron chi connectivity index (χ0n) is 17.8. The Hall–Kier alpha value is -2.49. The number of amides is 3. The predicted molar refractivity (Wildman–Crippen MR) is 109 cm³/mol. The van der Waals surface area contributed by atoms with Crippen LogP contribution < -0.4 is 10.1 Å². The molecule has 3 fully saturated rings. The Kier molecular flexibility index (Phi) is 6.50. The molecule has 10 heteroatoms. The van der Waals surface area contributed by atoms with Crippen LogP contribution in [0.5, 0.6) is 5.75 Å². The van der Waals surface area contributed by atoms with E-state index in [-0.39, 0.29) is 50.6 Å². The highest BCUT2D eigenvalue weighted by molar-refractivity contribution is 5.77. The van der Waals surface area contributed by atoms with E-state index in [1.165, 1.54) is 0 Å². The molecule has 2 heterocycles. The van der Waals surface area contributed by atoms with Gasteiger partial charge in [0.25, 0.3) is 0 Å². The van der Waals surface area contributed by atoms with E-state index >= 15 is 0 Å². The first-order valence-electron chi connectivity index (χ1n) is 11.0. The van der Waals surface area contributed by atoms with Crippen molar-refractivity contribution in [1.29, 1.82) is 0 Å². The maximum Gasteiger partial charge on any atom is 0.397 e. The molecule has 0 bridgehead atoms. The average molecular weight is 455 g/mol. The van der Waals surface area contributed by atoms with Gasteiger partial charge in [-0.1, -0.05) is 12.1 Å². The fourth-order valence-corrected chi connectivity index (χ4v) is 3.93. The molecular formula is C22H28F3N3O4. The molecule has 0 spiro atoms. The summed E-state index contributed by atoms with van der Waals surface area (Å²) < 4.78 is 49.8. The van der Waals surface area contributed by atoms with Crippen LogP contribution in [0.2, 0.25) is 0 Å². The summed E-state index contributed by atoms with van der Waals surface area (Å²) in [5, 5.41) is 2.76. The first-order valence-corrected chi connectivity index (χ1v) is 11.0. The first-order chi connectivity index (χ1) is 15.3. The molecule has 0 radical (unpaired) electrons. The van der Waals surface area contributed by atoms with Crippen LogP contribution in [-0.2, 0) is 9.53 Å². The van der Waals surface area contributed by atoms with Gasteiger partial charge in [-0.25, -0.2) is 4.79 Å². The van der Waals surface area contributed by atoms with Gasteiger partial charge in [-0.05, 0) is 43.4 Å². The standard InChI is InChI=1S/C22H28F3N3O4/c23-22(24,25)21(7-8-21)14-32-18-5-3-16(4-6-18)17-11-28(12-17)20(30)27-10-2-1-9-26-19(29)13-31-15-27/h3-6,17H,1-2,7-15H2,(H,26,29). The van der Waals surface area contributed by atoms with Crippen molar-refractivity contribution < 1.29 is 32.2 Å². The number of likely N-dealkylation sites (tertiary alicyclic amines) is 1. The van der Waals surface area contributed by atoms with Crippen molar-refractivity contribution in [2.75, 3.05) is 46.1 Å². The lowest BCUT2D eigenvalue weighted by Gasteiger charge is -2.42. The minimum Gasteiger partial charge on any atom is -0.493 e. The molecule has 3 aliphatic rings. The molecule has 1 aliphatic carbocycles. The number of carbonyl (C=O) groups is 2. The Balaban J connectivity index is 1.24. The summed E-state index contributed by atoms with van der Waals surface area (Å²) in [7, 11) is 0. The molecule has 0 unspecified atom stereocenters. The van der Waals surface area contributed by atoms with Gasteiger partial charge in [0.1, 0.15) is 31.1 Å². The van der Waals surface area contributed by atoms with Crippen molar-refractivity contribution in [3.63, 3.8) is 0 Å². The van der Waals surface area contributed by atoms with Crippen molar-refractivity contribution in [1.82, 2.24) is 15.1 Å². The lowest BCUT2D eigenvalue weighted by molar-refractivity contribution is -0.194. The summed E-state index contributed by atoms with van der Waals surface area (Å²) in [4.78, 5) is 27.7. The zero-order chi connectivity index (χ0) is 22.8. The summed E-state index contributed by atoms with van der Waals surface area (Å²) >= 11 is 0.